The van der Waals surface area contributed by atoms with E-state index in [1.165, 1.54) is 58.7 Å². The minimum absolute atomic E-state index is 0.341. The Morgan fingerprint density at radius 1 is 0.309 bits per heavy atom. The van der Waals surface area contributed by atoms with Gasteiger partial charge in [-0.15, -0.1) is 0 Å². The van der Waals surface area contributed by atoms with E-state index in [9.17, 15) is 9.59 Å². The molecule has 0 amide bonds. The number of hydrogen-bond acceptors (Lipinski definition) is 8. The summed E-state index contributed by atoms with van der Waals surface area (Å²) in [5, 5.41) is 0. The van der Waals surface area contributed by atoms with Crippen LogP contribution in [0.5, 0.6) is 0 Å². The lowest BCUT2D eigenvalue weighted by Gasteiger charge is -2.15. The highest BCUT2D eigenvalue weighted by Gasteiger charge is 2.21. The highest BCUT2D eigenvalue weighted by Crippen LogP contribution is 2.37. The van der Waals surface area contributed by atoms with E-state index in [1.54, 1.807) is 0 Å². The zero-order valence-electron chi connectivity index (χ0n) is 38.2. The molecule has 0 N–H and O–H groups in total. The molecule has 16 bridgehead atoms. The van der Waals surface area contributed by atoms with Gasteiger partial charge in [0.2, 0.25) is 0 Å². The smallest absolute Gasteiger partial charge is 0.339 e. The van der Waals surface area contributed by atoms with Crippen molar-refractivity contribution in [3.63, 3.8) is 0 Å². The van der Waals surface area contributed by atoms with E-state index in [1.807, 2.05) is 83.4 Å². The van der Waals surface area contributed by atoms with E-state index < -0.39 is 0 Å². The molecule has 0 unspecified atom stereocenters. The largest absolute Gasteiger partial charge is 0.465 e. The standard InChI is InChI=1S/C60H52O4S4/c1-63-59(61)57-53-11-5-12-54(57)50-25-17-42(18-26-50)34-66-38-46-8-4-10-48(32-46)40-68-36-44-21-29-52(30-22-44)56-14-6-13-55(58(56)60(62)64-2)51-27-19-43(20-28-51)35-67-39-47-9-3-7-45(31-47)37-65-33-41-15-23-49(53)24-16-41/h3-32H,33-40H2,1-2H3. The van der Waals surface area contributed by atoms with Crippen LogP contribution in [0.3, 0.4) is 0 Å². The molecular weight excluding hydrogens is 913 g/mol. The van der Waals surface area contributed by atoms with Crippen LogP contribution in [0.25, 0.3) is 44.5 Å². The van der Waals surface area contributed by atoms with Crippen LogP contribution in [0.4, 0.5) is 0 Å². The number of thioether (sulfide) groups is 4. The van der Waals surface area contributed by atoms with Gasteiger partial charge >= 0.3 is 11.9 Å². The van der Waals surface area contributed by atoms with Gasteiger partial charge in [0.05, 0.1) is 25.3 Å². The normalized spacial score (nSPS) is 13.4. The van der Waals surface area contributed by atoms with Crippen LogP contribution >= 0.6 is 47.0 Å². The number of carbonyl (C=O) groups is 2. The number of esters is 2. The van der Waals surface area contributed by atoms with Crippen molar-refractivity contribution in [2.75, 3.05) is 14.2 Å². The van der Waals surface area contributed by atoms with E-state index in [2.05, 4.69) is 146 Å². The fraction of sp³-hybridized carbons (Fsp3) is 0.167. The summed E-state index contributed by atoms with van der Waals surface area (Å²) >= 11 is 7.61. The predicted octanol–water partition coefficient (Wildman–Crippen LogP) is 16.0. The lowest BCUT2D eigenvalue weighted by molar-refractivity contribution is 0.0593. The van der Waals surface area contributed by atoms with E-state index >= 15 is 0 Å². The molecule has 7 aliphatic rings. The van der Waals surface area contributed by atoms with E-state index in [4.69, 9.17) is 9.47 Å². The third kappa shape index (κ3) is 11.7. The van der Waals surface area contributed by atoms with Gasteiger partial charge in [-0.2, -0.15) is 47.0 Å². The molecule has 0 saturated heterocycles. The van der Waals surface area contributed by atoms with Gasteiger partial charge in [-0.05, 0) is 89.0 Å². The molecular formula is C60H52O4S4. The maximum Gasteiger partial charge on any atom is 0.339 e. The number of ether oxygens (including phenoxy) is 2. The van der Waals surface area contributed by atoms with Crippen LogP contribution in [0.1, 0.15) is 65.2 Å². The molecule has 0 aliphatic carbocycles. The number of benzene rings is 8. The fourth-order valence-electron chi connectivity index (χ4n) is 8.60. The van der Waals surface area contributed by atoms with Gasteiger partial charge in [0.15, 0.2) is 0 Å². The predicted molar refractivity (Wildman–Crippen MR) is 290 cm³/mol. The van der Waals surface area contributed by atoms with Crippen LogP contribution in [0.2, 0.25) is 0 Å². The Labute approximate surface area is 417 Å². The van der Waals surface area contributed by atoms with E-state index in [0.717, 1.165) is 90.5 Å². The second-order valence-corrected chi connectivity index (χ2v) is 20.8. The van der Waals surface area contributed by atoms with Crippen molar-refractivity contribution in [2.45, 2.75) is 46.0 Å². The Bertz CT molecular complexity index is 2620. The molecule has 8 aromatic carbocycles. The summed E-state index contributed by atoms with van der Waals surface area (Å²) in [6.45, 7) is 0. The fourth-order valence-corrected chi connectivity index (χ4v) is 12.4. The Balaban J connectivity index is 0.955. The minimum atomic E-state index is -0.341. The highest BCUT2D eigenvalue weighted by atomic mass is 32.2. The van der Waals surface area contributed by atoms with Crippen molar-refractivity contribution in [3.05, 3.63) is 238 Å². The molecule has 0 aromatic heterocycles. The average Bonchev–Trinajstić information content (AvgIpc) is 3.38. The molecule has 340 valence electrons. The van der Waals surface area contributed by atoms with Crippen molar-refractivity contribution in [3.8, 4) is 44.5 Å². The van der Waals surface area contributed by atoms with Crippen molar-refractivity contribution < 1.29 is 19.1 Å². The molecule has 0 saturated carbocycles. The third-order valence-corrected chi connectivity index (χ3v) is 16.4. The summed E-state index contributed by atoms with van der Waals surface area (Å²) in [5.41, 5.74) is 18.8. The molecule has 4 nitrogen and oxygen atoms in total. The lowest BCUT2D eigenvalue weighted by Crippen LogP contribution is -2.06. The van der Waals surface area contributed by atoms with Crippen LogP contribution < -0.4 is 0 Å². The molecule has 8 aromatic rings. The summed E-state index contributed by atoms with van der Waals surface area (Å²) < 4.78 is 10.7. The third-order valence-electron chi connectivity index (χ3n) is 12.1. The van der Waals surface area contributed by atoms with Gasteiger partial charge in [-0.1, -0.05) is 182 Å². The van der Waals surface area contributed by atoms with Gasteiger partial charge in [0.25, 0.3) is 0 Å². The topological polar surface area (TPSA) is 52.6 Å². The van der Waals surface area contributed by atoms with Crippen LogP contribution in [0.15, 0.2) is 182 Å². The van der Waals surface area contributed by atoms with Crippen molar-refractivity contribution >= 4 is 59.0 Å². The van der Waals surface area contributed by atoms with E-state index in [0.29, 0.717) is 11.1 Å². The molecule has 0 radical (unpaired) electrons. The van der Waals surface area contributed by atoms with Gasteiger partial charge in [-0.25, -0.2) is 9.59 Å². The first-order valence-corrected chi connectivity index (χ1v) is 27.3. The monoisotopic (exact) mass is 964 g/mol. The second-order valence-electron chi connectivity index (χ2n) is 16.8. The summed E-state index contributed by atoms with van der Waals surface area (Å²) in [6, 6.07) is 64.3. The van der Waals surface area contributed by atoms with Crippen molar-refractivity contribution in [2.24, 2.45) is 0 Å². The zero-order valence-corrected chi connectivity index (χ0v) is 41.5. The molecule has 7 heterocycles. The van der Waals surface area contributed by atoms with E-state index in [-0.39, 0.29) is 11.9 Å². The molecule has 7 aliphatic heterocycles. The maximum atomic E-state index is 13.4. The highest BCUT2D eigenvalue weighted by molar-refractivity contribution is 7.98. The van der Waals surface area contributed by atoms with Crippen molar-refractivity contribution in [1.29, 1.82) is 0 Å². The summed E-state index contributed by atoms with van der Waals surface area (Å²) in [6.07, 6.45) is 0. The molecule has 15 rings (SSSR count). The summed E-state index contributed by atoms with van der Waals surface area (Å²) in [7, 11) is 2.91. The Morgan fingerprint density at radius 3 is 0.765 bits per heavy atom. The minimum Gasteiger partial charge on any atom is -0.465 e. The van der Waals surface area contributed by atoms with Crippen LogP contribution in [-0.2, 0) is 55.5 Å². The molecule has 0 spiro atoms. The number of carbonyl (C=O) groups excluding carboxylic acids is 2. The SMILES string of the molecule is COC(=O)c1c2cccc1-c1ccc(cc1)CSCc1cccc(c1)CSCc1ccc(cc1)-c1cccc(c1C(=O)OC)-c1ccc(cc1)CSCc1cccc(c1)CSCc1ccc-2cc1. The molecule has 68 heavy (non-hydrogen) atoms. The van der Waals surface area contributed by atoms with Gasteiger partial charge in [0, 0.05) is 46.0 Å². The average molecular weight is 965 g/mol. The van der Waals surface area contributed by atoms with Crippen molar-refractivity contribution in [1.82, 2.24) is 0 Å². The van der Waals surface area contributed by atoms with Gasteiger partial charge in [-0.3, -0.25) is 0 Å². The number of rotatable bonds is 2. The Hall–Kier alpha value is -5.90. The molecule has 0 atom stereocenters. The molecule has 8 heteroatoms. The Kier molecular flexibility index (Phi) is 15.9. The van der Waals surface area contributed by atoms with Gasteiger partial charge < -0.3 is 9.47 Å². The van der Waals surface area contributed by atoms with Crippen LogP contribution in [-0.4, -0.2) is 26.2 Å². The first kappa shape index (κ1) is 47.2. The quantitative estimate of drug-likeness (QED) is 0.159. The maximum absolute atomic E-state index is 13.4. The summed E-state index contributed by atoms with van der Waals surface area (Å²) in [4.78, 5) is 26.9. The molecule has 0 fully saturated rings. The first-order valence-electron chi connectivity index (χ1n) is 22.7. The van der Waals surface area contributed by atoms with Crippen LogP contribution in [0, 0.1) is 0 Å². The lowest BCUT2D eigenvalue weighted by atomic mass is 9.91. The Morgan fingerprint density at radius 2 is 0.529 bits per heavy atom. The zero-order chi connectivity index (χ0) is 46.7. The number of methoxy groups -OCH3 is 2. The van der Waals surface area contributed by atoms with Gasteiger partial charge in [0.1, 0.15) is 0 Å². The second kappa shape index (κ2) is 22.9. The summed E-state index contributed by atoms with van der Waals surface area (Å²) in [5.74, 6) is 6.52. The first-order chi connectivity index (χ1) is 33.4. The number of hydrogen-bond donors (Lipinski definition) is 0.